The minimum atomic E-state index is -0.722. The summed E-state index contributed by atoms with van der Waals surface area (Å²) in [7, 11) is 2.49. The van der Waals surface area contributed by atoms with Crippen molar-refractivity contribution in [3.05, 3.63) is 29.3 Å². The minimum Gasteiger partial charge on any atom is -0.491 e. The van der Waals surface area contributed by atoms with Crippen molar-refractivity contribution < 1.29 is 28.9 Å². The minimum absolute atomic E-state index is 0. The first-order chi connectivity index (χ1) is 10.9. The molecule has 1 unspecified atom stereocenters. The fourth-order valence-corrected chi connectivity index (χ4v) is 1.78. The van der Waals surface area contributed by atoms with Crippen LogP contribution in [0, 0.1) is 0 Å². The molecule has 0 fully saturated rings. The molecule has 0 heterocycles. The molecule has 0 aliphatic heterocycles. The van der Waals surface area contributed by atoms with Crippen LogP contribution < -0.4 is 10.1 Å². The van der Waals surface area contributed by atoms with Gasteiger partial charge < -0.3 is 24.6 Å². The number of aliphatic hydroxyl groups excluding tert-OH is 1. The lowest BCUT2D eigenvalue weighted by atomic mass is 10.1. The number of esters is 2. The van der Waals surface area contributed by atoms with Gasteiger partial charge in [0, 0.05) is 12.6 Å². The largest absolute Gasteiger partial charge is 0.491 e. The average Bonchev–Trinajstić information content (AvgIpc) is 2.56. The second-order valence-electron chi connectivity index (χ2n) is 5.26. The van der Waals surface area contributed by atoms with E-state index in [9.17, 15) is 14.7 Å². The first kappa shape index (κ1) is 22.2. The molecule has 0 spiro atoms. The Morgan fingerprint density at radius 3 is 2.00 bits per heavy atom. The summed E-state index contributed by atoms with van der Waals surface area (Å²) in [4.78, 5) is 23.3. The first-order valence-corrected chi connectivity index (χ1v) is 7.23. The highest BCUT2D eigenvalue weighted by Crippen LogP contribution is 2.19. The summed E-state index contributed by atoms with van der Waals surface area (Å²) in [5.74, 6) is -0.915. The maximum Gasteiger partial charge on any atom is 0.338 e. The maximum atomic E-state index is 11.7. The number of hydrogen-bond donors (Lipinski definition) is 2. The second kappa shape index (κ2) is 10.9. The van der Waals surface area contributed by atoms with Gasteiger partial charge in [-0.25, -0.2) is 9.59 Å². The Bertz CT molecular complexity index is 515. The van der Waals surface area contributed by atoms with Crippen molar-refractivity contribution in [1.82, 2.24) is 5.32 Å². The molecule has 7 nitrogen and oxygen atoms in total. The highest BCUT2D eigenvalue weighted by Gasteiger charge is 2.15. The van der Waals surface area contributed by atoms with Crippen LogP contribution >= 0.6 is 12.4 Å². The molecule has 0 aliphatic rings. The molecular formula is C16H24ClNO6. The van der Waals surface area contributed by atoms with Crippen molar-refractivity contribution in [2.75, 3.05) is 27.4 Å². The molecule has 24 heavy (non-hydrogen) atoms. The lowest BCUT2D eigenvalue weighted by Gasteiger charge is -2.15. The molecule has 2 N–H and O–H groups in total. The molecule has 1 aromatic carbocycles. The Morgan fingerprint density at radius 1 is 1.08 bits per heavy atom. The van der Waals surface area contributed by atoms with Crippen molar-refractivity contribution in [3.8, 4) is 5.75 Å². The van der Waals surface area contributed by atoms with Crippen molar-refractivity contribution in [3.63, 3.8) is 0 Å². The molecule has 8 heteroatoms. The number of rotatable bonds is 8. The molecule has 0 saturated carbocycles. The summed E-state index contributed by atoms with van der Waals surface area (Å²) in [6.07, 6.45) is -0.722. The standard InChI is InChI=1S/C16H23NO6.ClH/c1-10(2)17-8-13(18)9-23-14-6-11(15(19)21-3)5-12(7-14)16(20)22-4;/h5-7,10,13,17-18H,8-9H2,1-4H3;1H. The third kappa shape index (κ3) is 7.16. The Balaban J connectivity index is 0.00000529. The number of carbonyl (C=O) groups is 2. The Labute approximate surface area is 147 Å². The SMILES string of the molecule is COC(=O)c1cc(OCC(O)CNC(C)C)cc(C(=O)OC)c1.Cl. The highest BCUT2D eigenvalue weighted by molar-refractivity contribution is 5.96. The molecule has 0 amide bonds. The van der Waals surface area contributed by atoms with Crippen LogP contribution in [-0.4, -0.2) is 56.6 Å². The van der Waals surface area contributed by atoms with Crippen LogP contribution in [0.5, 0.6) is 5.75 Å². The summed E-state index contributed by atoms with van der Waals surface area (Å²) in [6.45, 7) is 4.33. The van der Waals surface area contributed by atoms with Gasteiger partial charge in [-0.2, -0.15) is 0 Å². The summed E-state index contributed by atoms with van der Waals surface area (Å²) < 4.78 is 14.8. The van der Waals surface area contributed by atoms with E-state index in [1.165, 1.54) is 32.4 Å². The molecule has 1 rings (SSSR count). The average molecular weight is 362 g/mol. The van der Waals surface area contributed by atoms with Gasteiger partial charge in [0.25, 0.3) is 0 Å². The van der Waals surface area contributed by atoms with Crippen molar-refractivity contribution >= 4 is 24.3 Å². The number of hydrogen-bond acceptors (Lipinski definition) is 7. The van der Waals surface area contributed by atoms with E-state index in [2.05, 4.69) is 14.8 Å². The number of carbonyl (C=O) groups excluding carboxylic acids is 2. The zero-order valence-electron chi connectivity index (χ0n) is 14.2. The highest BCUT2D eigenvalue weighted by atomic mass is 35.5. The predicted molar refractivity (Wildman–Crippen MR) is 91.0 cm³/mol. The van der Waals surface area contributed by atoms with Gasteiger partial charge in [-0.3, -0.25) is 0 Å². The lowest BCUT2D eigenvalue weighted by molar-refractivity contribution is 0.0597. The predicted octanol–water partition coefficient (Wildman–Crippen LogP) is 1.42. The topological polar surface area (TPSA) is 94.1 Å². The smallest absolute Gasteiger partial charge is 0.338 e. The Kier molecular flexibility index (Phi) is 10.0. The molecular weight excluding hydrogens is 338 g/mol. The number of ether oxygens (including phenoxy) is 3. The van der Waals surface area contributed by atoms with Crippen LogP contribution in [0.4, 0.5) is 0 Å². The molecule has 0 bridgehead atoms. The number of benzene rings is 1. The van der Waals surface area contributed by atoms with Crippen molar-refractivity contribution in [2.45, 2.75) is 26.0 Å². The monoisotopic (exact) mass is 361 g/mol. The van der Waals surface area contributed by atoms with Crippen LogP contribution in [0.2, 0.25) is 0 Å². The van der Waals surface area contributed by atoms with E-state index in [0.717, 1.165) is 0 Å². The van der Waals surface area contributed by atoms with E-state index >= 15 is 0 Å². The molecule has 0 aromatic heterocycles. The maximum absolute atomic E-state index is 11.7. The van der Waals surface area contributed by atoms with Crippen LogP contribution in [0.1, 0.15) is 34.6 Å². The lowest BCUT2D eigenvalue weighted by Crippen LogP contribution is -2.35. The zero-order chi connectivity index (χ0) is 17.4. The van der Waals surface area contributed by atoms with Gasteiger partial charge in [-0.05, 0) is 18.2 Å². The van der Waals surface area contributed by atoms with Gasteiger partial charge in [0.15, 0.2) is 0 Å². The van der Waals surface area contributed by atoms with E-state index in [0.29, 0.717) is 6.54 Å². The summed E-state index contributed by atoms with van der Waals surface area (Å²) in [5.41, 5.74) is 0.334. The van der Waals surface area contributed by atoms with Gasteiger partial charge in [-0.1, -0.05) is 13.8 Å². The van der Waals surface area contributed by atoms with Crippen LogP contribution in [-0.2, 0) is 9.47 Å². The van der Waals surface area contributed by atoms with E-state index in [1.807, 2.05) is 13.8 Å². The molecule has 136 valence electrons. The van der Waals surface area contributed by atoms with Gasteiger partial charge in [0.05, 0.1) is 25.3 Å². The van der Waals surface area contributed by atoms with Gasteiger partial charge in [-0.15, -0.1) is 12.4 Å². The summed E-state index contributed by atoms with van der Waals surface area (Å²) >= 11 is 0. The van der Waals surface area contributed by atoms with Gasteiger partial charge >= 0.3 is 11.9 Å². The summed E-state index contributed by atoms with van der Waals surface area (Å²) in [6, 6.07) is 4.50. The summed E-state index contributed by atoms with van der Waals surface area (Å²) in [5, 5.41) is 12.9. The molecule has 0 aliphatic carbocycles. The third-order valence-corrected chi connectivity index (χ3v) is 2.95. The third-order valence-electron chi connectivity index (χ3n) is 2.95. The Hall–Kier alpha value is -1.83. The zero-order valence-corrected chi connectivity index (χ0v) is 15.0. The van der Waals surface area contributed by atoms with E-state index in [1.54, 1.807) is 0 Å². The van der Waals surface area contributed by atoms with Crippen LogP contribution in [0.15, 0.2) is 18.2 Å². The molecule has 1 atom stereocenters. The van der Waals surface area contributed by atoms with Gasteiger partial charge in [0.1, 0.15) is 18.5 Å². The number of aliphatic hydroxyl groups is 1. The molecule has 1 aromatic rings. The fraction of sp³-hybridized carbons (Fsp3) is 0.500. The molecule has 0 radical (unpaired) electrons. The van der Waals surface area contributed by atoms with Crippen molar-refractivity contribution in [1.29, 1.82) is 0 Å². The van der Waals surface area contributed by atoms with Crippen LogP contribution in [0.3, 0.4) is 0 Å². The van der Waals surface area contributed by atoms with E-state index < -0.39 is 18.0 Å². The van der Waals surface area contributed by atoms with Gasteiger partial charge in [0.2, 0.25) is 0 Å². The number of methoxy groups -OCH3 is 2. The van der Waals surface area contributed by atoms with Crippen molar-refractivity contribution in [2.24, 2.45) is 0 Å². The Morgan fingerprint density at radius 2 is 1.58 bits per heavy atom. The second-order valence-corrected chi connectivity index (χ2v) is 5.26. The normalized spacial score (nSPS) is 11.4. The fourth-order valence-electron chi connectivity index (χ4n) is 1.78. The first-order valence-electron chi connectivity index (χ1n) is 7.23. The number of halogens is 1. The van der Waals surface area contributed by atoms with Crippen LogP contribution in [0.25, 0.3) is 0 Å². The van der Waals surface area contributed by atoms with E-state index in [4.69, 9.17) is 4.74 Å². The number of nitrogens with one attached hydrogen (secondary N) is 1. The quantitative estimate of drug-likeness (QED) is 0.676. The van der Waals surface area contributed by atoms with E-state index in [-0.39, 0.29) is 41.9 Å². The molecule has 0 saturated heterocycles.